The molecule has 0 bridgehead atoms. The van der Waals surface area contributed by atoms with E-state index in [0.717, 1.165) is 11.8 Å². The van der Waals surface area contributed by atoms with Gasteiger partial charge in [-0.3, -0.25) is 0 Å². The quantitative estimate of drug-likeness (QED) is 0.860. The maximum Gasteiger partial charge on any atom is 0.0215 e. The minimum Gasteiger partial charge on any atom is -0.311 e. The highest BCUT2D eigenvalue weighted by atomic mass is 15.0. The van der Waals surface area contributed by atoms with Crippen molar-refractivity contribution in [3.05, 3.63) is 35.4 Å². The number of benzene rings is 1. The van der Waals surface area contributed by atoms with Gasteiger partial charge in [0.1, 0.15) is 0 Å². The molecule has 1 aromatic rings. The second-order valence-electron chi connectivity index (χ2n) is 6.97. The fourth-order valence-electron chi connectivity index (χ4n) is 4.48. The molecule has 0 radical (unpaired) electrons. The van der Waals surface area contributed by atoms with Gasteiger partial charge in [0.15, 0.2) is 0 Å². The molecule has 1 heterocycles. The molecule has 1 nitrogen and oxygen atoms in total. The molecule has 1 N–H and O–H groups in total. The van der Waals surface area contributed by atoms with Crippen molar-refractivity contribution in [1.82, 2.24) is 5.32 Å². The minimum absolute atomic E-state index is 0.495. The maximum absolute atomic E-state index is 3.99. The second-order valence-corrected chi connectivity index (χ2v) is 6.97. The molecule has 2 aliphatic carbocycles. The average Bonchev–Trinajstić information content (AvgIpc) is 3.23. The van der Waals surface area contributed by atoms with Gasteiger partial charge in [-0.25, -0.2) is 0 Å². The van der Waals surface area contributed by atoms with Crippen LogP contribution in [0.15, 0.2) is 24.3 Å². The molecule has 0 aromatic heterocycles. The molecule has 3 aliphatic rings. The van der Waals surface area contributed by atoms with Gasteiger partial charge in [-0.15, -0.1) is 0 Å². The monoisotopic (exact) mass is 255 g/mol. The van der Waals surface area contributed by atoms with Crippen molar-refractivity contribution in [2.75, 3.05) is 6.54 Å². The highest BCUT2D eigenvalue weighted by Crippen LogP contribution is 2.50. The van der Waals surface area contributed by atoms with Crippen LogP contribution < -0.4 is 5.32 Å². The molecule has 1 saturated carbocycles. The van der Waals surface area contributed by atoms with E-state index in [0.29, 0.717) is 5.54 Å². The van der Waals surface area contributed by atoms with Crippen molar-refractivity contribution in [2.24, 2.45) is 5.92 Å². The number of hydrogen-bond acceptors (Lipinski definition) is 1. The van der Waals surface area contributed by atoms with E-state index in [1.54, 1.807) is 11.1 Å². The summed E-state index contributed by atoms with van der Waals surface area (Å²) in [7, 11) is 0. The molecular weight excluding hydrogens is 230 g/mol. The Kier molecular flexibility index (Phi) is 2.91. The van der Waals surface area contributed by atoms with E-state index in [1.165, 1.54) is 57.9 Å². The van der Waals surface area contributed by atoms with Crippen molar-refractivity contribution >= 4 is 0 Å². The Bertz CT molecular complexity index is 453. The maximum atomic E-state index is 3.99. The molecule has 4 rings (SSSR count). The van der Waals surface area contributed by atoms with Gasteiger partial charge in [-0.2, -0.15) is 0 Å². The van der Waals surface area contributed by atoms with Gasteiger partial charge in [0, 0.05) is 5.54 Å². The van der Waals surface area contributed by atoms with Gasteiger partial charge >= 0.3 is 0 Å². The van der Waals surface area contributed by atoms with E-state index < -0.39 is 0 Å². The molecule has 102 valence electrons. The van der Waals surface area contributed by atoms with Gasteiger partial charge < -0.3 is 5.32 Å². The Hall–Kier alpha value is -0.820. The van der Waals surface area contributed by atoms with Crippen LogP contribution in [0.2, 0.25) is 0 Å². The van der Waals surface area contributed by atoms with Crippen LogP contribution in [-0.4, -0.2) is 12.1 Å². The van der Waals surface area contributed by atoms with E-state index in [9.17, 15) is 0 Å². The summed E-state index contributed by atoms with van der Waals surface area (Å²) >= 11 is 0. The van der Waals surface area contributed by atoms with Crippen LogP contribution in [0.25, 0.3) is 0 Å². The standard InChI is InChI=1S/C18H25N/c1-4-10-18(16-8-9-16,19-11-5-1)13-15-12-14-6-2-3-7-17(14)15/h2-3,6-7,15-16,19H,1,4-5,8-13H2. The lowest BCUT2D eigenvalue weighted by Gasteiger charge is -2.41. The van der Waals surface area contributed by atoms with Crippen LogP contribution in [0.4, 0.5) is 0 Å². The Balaban J connectivity index is 1.53. The van der Waals surface area contributed by atoms with Gasteiger partial charge in [0.05, 0.1) is 0 Å². The van der Waals surface area contributed by atoms with Crippen LogP contribution in [0.3, 0.4) is 0 Å². The zero-order valence-electron chi connectivity index (χ0n) is 11.8. The summed E-state index contributed by atoms with van der Waals surface area (Å²) in [5, 5.41) is 3.99. The molecule has 0 amide bonds. The number of fused-ring (bicyclic) bond motifs is 1. The molecule has 2 unspecified atom stereocenters. The first-order valence-corrected chi connectivity index (χ1v) is 8.20. The van der Waals surface area contributed by atoms with Crippen molar-refractivity contribution in [2.45, 2.75) is 62.8 Å². The molecular formula is C18H25N. The fraction of sp³-hybridized carbons (Fsp3) is 0.667. The normalized spacial score (nSPS) is 34.2. The molecule has 2 atom stereocenters. The summed E-state index contributed by atoms with van der Waals surface area (Å²) in [6.45, 7) is 1.25. The summed E-state index contributed by atoms with van der Waals surface area (Å²) < 4.78 is 0. The third kappa shape index (κ3) is 2.12. The topological polar surface area (TPSA) is 12.0 Å². The lowest BCUT2D eigenvalue weighted by molar-refractivity contribution is 0.228. The highest BCUT2D eigenvalue weighted by molar-refractivity contribution is 5.40. The van der Waals surface area contributed by atoms with E-state index in [4.69, 9.17) is 0 Å². The molecule has 1 heteroatoms. The first-order valence-electron chi connectivity index (χ1n) is 8.20. The predicted molar refractivity (Wildman–Crippen MR) is 79.4 cm³/mol. The fourth-order valence-corrected chi connectivity index (χ4v) is 4.48. The summed E-state index contributed by atoms with van der Waals surface area (Å²) in [6, 6.07) is 9.09. The first kappa shape index (κ1) is 12.0. The Morgan fingerprint density at radius 1 is 1.11 bits per heavy atom. The van der Waals surface area contributed by atoms with E-state index in [-0.39, 0.29) is 0 Å². The van der Waals surface area contributed by atoms with Crippen LogP contribution in [-0.2, 0) is 6.42 Å². The van der Waals surface area contributed by atoms with Gasteiger partial charge in [-0.05, 0) is 68.0 Å². The van der Waals surface area contributed by atoms with Crippen molar-refractivity contribution in [3.63, 3.8) is 0 Å². The van der Waals surface area contributed by atoms with Gasteiger partial charge in [0.2, 0.25) is 0 Å². The Morgan fingerprint density at radius 3 is 2.84 bits per heavy atom. The number of hydrogen-bond donors (Lipinski definition) is 1. The van der Waals surface area contributed by atoms with Crippen molar-refractivity contribution < 1.29 is 0 Å². The zero-order valence-corrected chi connectivity index (χ0v) is 11.8. The van der Waals surface area contributed by atoms with Crippen molar-refractivity contribution in [1.29, 1.82) is 0 Å². The van der Waals surface area contributed by atoms with Crippen LogP contribution >= 0.6 is 0 Å². The summed E-state index contributed by atoms with van der Waals surface area (Å²) in [5.74, 6) is 1.82. The Morgan fingerprint density at radius 2 is 2.00 bits per heavy atom. The van der Waals surface area contributed by atoms with E-state index >= 15 is 0 Å². The lowest BCUT2D eigenvalue weighted by atomic mass is 9.69. The van der Waals surface area contributed by atoms with E-state index in [2.05, 4.69) is 29.6 Å². The summed E-state index contributed by atoms with van der Waals surface area (Å²) in [5.41, 5.74) is 3.75. The zero-order chi connectivity index (χ0) is 12.7. The predicted octanol–water partition coefficient (Wildman–Crippen LogP) is 4.03. The first-order chi connectivity index (χ1) is 9.37. The van der Waals surface area contributed by atoms with Crippen LogP contribution in [0.5, 0.6) is 0 Å². The summed E-state index contributed by atoms with van der Waals surface area (Å²) in [4.78, 5) is 0. The molecule has 2 fully saturated rings. The minimum atomic E-state index is 0.495. The largest absolute Gasteiger partial charge is 0.311 e. The highest BCUT2D eigenvalue weighted by Gasteiger charge is 2.47. The van der Waals surface area contributed by atoms with Crippen molar-refractivity contribution in [3.8, 4) is 0 Å². The lowest BCUT2D eigenvalue weighted by Crippen LogP contribution is -2.48. The van der Waals surface area contributed by atoms with Gasteiger partial charge in [-0.1, -0.05) is 37.1 Å². The number of nitrogens with one attached hydrogen (secondary N) is 1. The molecule has 1 saturated heterocycles. The third-order valence-corrected chi connectivity index (χ3v) is 5.71. The van der Waals surface area contributed by atoms with Crippen LogP contribution in [0, 0.1) is 5.92 Å². The van der Waals surface area contributed by atoms with E-state index in [1.807, 2.05) is 0 Å². The Labute approximate surface area is 116 Å². The molecule has 1 aromatic carbocycles. The SMILES string of the molecule is c1ccc2c(c1)CC2CC1(C2CC2)CCCCCN1. The molecule has 1 aliphatic heterocycles. The van der Waals surface area contributed by atoms with Gasteiger partial charge in [0.25, 0.3) is 0 Å². The summed E-state index contributed by atoms with van der Waals surface area (Å²) in [6.07, 6.45) is 11.4. The molecule has 0 spiro atoms. The average molecular weight is 255 g/mol. The smallest absolute Gasteiger partial charge is 0.0215 e. The molecule has 19 heavy (non-hydrogen) atoms. The second kappa shape index (κ2) is 4.63. The third-order valence-electron chi connectivity index (χ3n) is 5.71. The number of rotatable bonds is 3. The van der Waals surface area contributed by atoms with Crippen LogP contribution in [0.1, 0.15) is 62.0 Å².